The van der Waals surface area contributed by atoms with Gasteiger partial charge in [0.1, 0.15) is 11.4 Å². The Kier molecular flexibility index (Phi) is 11.7. The van der Waals surface area contributed by atoms with Gasteiger partial charge in [-0.15, -0.1) is 0 Å². The summed E-state index contributed by atoms with van der Waals surface area (Å²) in [5, 5.41) is 0. The Morgan fingerprint density at radius 3 is 1.57 bits per heavy atom. The van der Waals surface area contributed by atoms with E-state index in [9.17, 15) is 9.59 Å². The van der Waals surface area contributed by atoms with Gasteiger partial charge in [0.2, 0.25) is 0 Å². The first-order chi connectivity index (χ1) is 10.7. The summed E-state index contributed by atoms with van der Waals surface area (Å²) in [5.41, 5.74) is 0.755. The first-order valence-electron chi connectivity index (χ1n) is 9.02. The summed E-state index contributed by atoms with van der Waals surface area (Å²) in [7, 11) is 1.90. The van der Waals surface area contributed by atoms with Crippen molar-refractivity contribution in [3.05, 3.63) is 20.4 Å². The molecule has 0 fully saturated rings. The van der Waals surface area contributed by atoms with Crippen molar-refractivity contribution in [2.45, 2.75) is 68.7 Å². The Hall–Kier alpha value is -1.32. The molecule has 0 spiro atoms. The van der Waals surface area contributed by atoms with Crippen LogP contribution in [0.3, 0.4) is 0 Å². The van der Waals surface area contributed by atoms with Crippen LogP contribution in [0.1, 0.15) is 68.7 Å². The molecular weight excluding hydrogens is 288 g/mol. The van der Waals surface area contributed by atoms with Gasteiger partial charge in [-0.1, -0.05) is 48.5 Å². The lowest BCUT2D eigenvalue weighted by atomic mass is 9.92. The van der Waals surface area contributed by atoms with Gasteiger partial charge in [-0.05, 0) is 25.7 Å². The third-order valence-corrected chi connectivity index (χ3v) is 3.52. The fourth-order valence-electron chi connectivity index (χ4n) is 2.17. The average molecular weight is 327 g/mol. The lowest BCUT2D eigenvalue weighted by Gasteiger charge is -2.31. The molecule has 0 bridgehead atoms. The van der Waals surface area contributed by atoms with Gasteiger partial charge in [0.05, 0.1) is 0 Å². The van der Waals surface area contributed by atoms with Crippen molar-refractivity contribution in [2.24, 2.45) is 5.41 Å². The predicted octanol–water partition coefficient (Wildman–Crippen LogP) is 4.05. The third-order valence-electron chi connectivity index (χ3n) is 3.52. The second kappa shape index (κ2) is 11.3. The summed E-state index contributed by atoms with van der Waals surface area (Å²) in [6.07, 6.45) is 0.986. The van der Waals surface area contributed by atoms with Crippen LogP contribution >= 0.6 is 0 Å². The molecule has 0 atom stereocenters. The van der Waals surface area contributed by atoms with Crippen LogP contribution in [0.4, 0.5) is 11.4 Å². The van der Waals surface area contributed by atoms with Crippen molar-refractivity contribution in [2.75, 3.05) is 36.5 Å². The van der Waals surface area contributed by atoms with E-state index in [0.29, 0.717) is 11.4 Å². The summed E-state index contributed by atoms with van der Waals surface area (Å²) < 4.78 is 0. The molecule has 1 aromatic rings. The summed E-state index contributed by atoms with van der Waals surface area (Å²) in [5.74, 6) is 0. The lowest BCUT2D eigenvalue weighted by molar-refractivity contribution is 0.381. The van der Waals surface area contributed by atoms with Crippen LogP contribution in [-0.4, -0.2) is 26.7 Å². The maximum Gasteiger partial charge on any atom is 0.253 e. The number of nitrogens with zero attached hydrogens (tertiary/aromatic N) is 2. The fraction of sp³-hybridized carbons (Fsp3) is 0.789. The van der Waals surface area contributed by atoms with Crippen molar-refractivity contribution in [3.8, 4) is 0 Å². The molecule has 1 rings (SSSR count). The summed E-state index contributed by atoms with van der Waals surface area (Å²) in [4.78, 5) is 27.5. The monoisotopic (exact) mass is 326 g/mol. The first kappa shape index (κ1) is 23.9. The molecule has 4 nitrogen and oxygen atoms in total. The van der Waals surface area contributed by atoms with Crippen molar-refractivity contribution >= 4 is 11.4 Å². The minimum atomic E-state index is -0.335. The van der Waals surface area contributed by atoms with Gasteiger partial charge in [0.25, 0.3) is 10.9 Å². The molecule has 0 saturated carbocycles. The molecule has 0 aliphatic carbocycles. The molecule has 0 aliphatic heterocycles. The van der Waals surface area contributed by atoms with Crippen LogP contribution in [0.15, 0.2) is 9.59 Å². The Morgan fingerprint density at radius 1 is 0.826 bits per heavy atom. The number of hydrogen-bond acceptors (Lipinski definition) is 4. The maximum atomic E-state index is 11.8. The fourth-order valence-corrected chi connectivity index (χ4v) is 2.17. The van der Waals surface area contributed by atoms with Crippen molar-refractivity contribution in [1.29, 1.82) is 0 Å². The molecule has 0 radical (unpaired) electrons. The summed E-state index contributed by atoms with van der Waals surface area (Å²) >= 11 is 0. The van der Waals surface area contributed by atoms with Crippen LogP contribution in [0.2, 0.25) is 0 Å². The third kappa shape index (κ3) is 6.76. The van der Waals surface area contributed by atoms with Crippen molar-refractivity contribution < 1.29 is 0 Å². The molecule has 0 saturated heterocycles. The van der Waals surface area contributed by atoms with E-state index in [1.807, 2.05) is 58.4 Å². The molecule has 0 amide bonds. The maximum absolute atomic E-state index is 11.8. The van der Waals surface area contributed by atoms with E-state index in [0.717, 1.165) is 26.1 Å². The Bertz CT molecular complexity index is 490. The molecule has 0 aliphatic rings. The predicted molar refractivity (Wildman–Crippen MR) is 105 cm³/mol. The number of rotatable bonds is 6. The molecule has 0 N–H and O–H groups in total. The highest BCUT2D eigenvalue weighted by molar-refractivity contribution is 5.76. The van der Waals surface area contributed by atoms with Gasteiger partial charge in [-0.3, -0.25) is 9.59 Å². The zero-order chi connectivity index (χ0) is 18.8. The highest BCUT2D eigenvalue weighted by atomic mass is 16.2. The van der Waals surface area contributed by atoms with Gasteiger partial charge in [0.15, 0.2) is 0 Å². The second-order valence-corrected chi connectivity index (χ2v) is 6.26. The summed E-state index contributed by atoms with van der Waals surface area (Å²) in [6.45, 7) is 20.8. The second-order valence-electron chi connectivity index (χ2n) is 6.26. The molecule has 136 valence electrons. The molecule has 4 heteroatoms. The standard InChI is InChI=1S/C15H26N2O2.2C2H6/c1-7-17(8-2)12-11(13(18)14(12)19)16(6)10-9-15(3,4)5;2*1-2/h7-10H2,1-6H3;2*1-2H3. The van der Waals surface area contributed by atoms with Gasteiger partial charge >= 0.3 is 0 Å². The smallest absolute Gasteiger partial charge is 0.253 e. The molecular formula is C19H38N2O2. The van der Waals surface area contributed by atoms with Crippen LogP contribution in [-0.2, 0) is 0 Å². The van der Waals surface area contributed by atoms with Crippen molar-refractivity contribution in [1.82, 2.24) is 0 Å². The van der Waals surface area contributed by atoms with E-state index in [2.05, 4.69) is 20.8 Å². The zero-order valence-electron chi connectivity index (χ0n) is 17.0. The normalized spacial score (nSPS) is 10.3. The molecule has 1 aromatic carbocycles. The highest BCUT2D eigenvalue weighted by Gasteiger charge is 2.27. The van der Waals surface area contributed by atoms with E-state index in [1.165, 1.54) is 0 Å². The summed E-state index contributed by atoms with van der Waals surface area (Å²) in [6, 6.07) is 0. The molecule has 0 heterocycles. The first-order valence-corrected chi connectivity index (χ1v) is 9.02. The van der Waals surface area contributed by atoms with E-state index in [4.69, 9.17) is 0 Å². The Morgan fingerprint density at radius 2 is 1.22 bits per heavy atom. The van der Waals surface area contributed by atoms with Crippen LogP contribution in [0, 0.1) is 5.41 Å². The lowest BCUT2D eigenvalue weighted by Crippen LogP contribution is -2.45. The van der Waals surface area contributed by atoms with Gasteiger partial charge in [0, 0.05) is 26.7 Å². The van der Waals surface area contributed by atoms with Gasteiger partial charge in [-0.25, -0.2) is 0 Å². The van der Waals surface area contributed by atoms with Crippen molar-refractivity contribution in [3.63, 3.8) is 0 Å². The molecule has 23 heavy (non-hydrogen) atoms. The Balaban J connectivity index is 0. The Labute approximate surface area is 143 Å². The van der Waals surface area contributed by atoms with Crippen LogP contribution in [0.25, 0.3) is 0 Å². The van der Waals surface area contributed by atoms with Crippen LogP contribution in [0.5, 0.6) is 0 Å². The highest BCUT2D eigenvalue weighted by Crippen LogP contribution is 2.25. The van der Waals surface area contributed by atoms with Gasteiger partial charge < -0.3 is 9.80 Å². The SMILES string of the molecule is CC.CC.CCN(CC)c1c(N(C)CCC(C)(C)C)c(=O)c1=O. The van der Waals surface area contributed by atoms with Gasteiger partial charge in [-0.2, -0.15) is 0 Å². The van der Waals surface area contributed by atoms with E-state index in [1.54, 1.807) is 0 Å². The molecule has 0 aromatic heterocycles. The minimum absolute atomic E-state index is 0.223. The zero-order valence-corrected chi connectivity index (χ0v) is 17.0. The van der Waals surface area contributed by atoms with Crippen LogP contribution < -0.4 is 20.7 Å². The largest absolute Gasteiger partial charge is 0.369 e. The average Bonchev–Trinajstić information content (AvgIpc) is 2.55. The topological polar surface area (TPSA) is 40.6 Å². The quantitative estimate of drug-likeness (QED) is 0.739. The minimum Gasteiger partial charge on any atom is -0.369 e. The van der Waals surface area contributed by atoms with E-state index >= 15 is 0 Å². The van der Waals surface area contributed by atoms with E-state index < -0.39 is 0 Å². The number of hydrogen-bond donors (Lipinski definition) is 0. The number of anilines is 2. The molecule has 0 unspecified atom stereocenters. The van der Waals surface area contributed by atoms with E-state index in [-0.39, 0.29) is 16.3 Å².